The van der Waals surface area contributed by atoms with Crippen LogP contribution in [-0.4, -0.2) is 17.4 Å². The minimum absolute atomic E-state index is 0.0745. The molecule has 0 saturated carbocycles. The lowest BCUT2D eigenvalue weighted by Gasteiger charge is -2.10. The third-order valence-corrected chi connectivity index (χ3v) is 2.91. The molecule has 17 heavy (non-hydrogen) atoms. The van der Waals surface area contributed by atoms with E-state index in [1.54, 1.807) is 6.92 Å². The number of aromatic nitrogens is 1. The van der Waals surface area contributed by atoms with Crippen LogP contribution in [0.1, 0.15) is 17.3 Å². The molecular weight excluding hydrogens is 212 g/mol. The van der Waals surface area contributed by atoms with E-state index < -0.39 is 0 Å². The zero-order valence-corrected chi connectivity index (χ0v) is 10.3. The predicted molar refractivity (Wildman–Crippen MR) is 70.4 cm³/mol. The number of nitrogens with one attached hydrogen (secondary N) is 1. The van der Waals surface area contributed by atoms with Crippen LogP contribution in [0.25, 0.3) is 11.3 Å². The third-order valence-electron chi connectivity index (χ3n) is 2.91. The first-order valence-electron chi connectivity index (χ1n) is 5.58. The van der Waals surface area contributed by atoms with Gasteiger partial charge in [0.25, 0.3) is 0 Å². The van der Waals surface area contributed by atoms with Gasteiger partial charge in [0.2, 0.25) is 0 Å². The second-order valence-electron chi connectivity index (χ2n) is 4.07. The molecule has 0 radical (unpaired) electrons. The van der Waals surface area contributed by atoms with Crippen LogP contribution in [0.3, 0.4) is 0 Å². The summed E-state index contributed by atoms with van der Waals surface area (Å²) in [6.07, 6.45) is 1.99. The monoisotopic (exact) mass is 228 g/mol. The van der Waals surface area contributed by atoms with Crippen LogP contribution in [0.15, 0.2) is 36.5 Å². The van der Waals surface area contributed by atoms with Crippen LogP contribution >= 0.6 is 0 Å². The van der Waals surface area contributed by atoms with Crippen LogP contribution in [0.4, 0.5) is 5.69 Å². The lowest BCUT2D eigenvalue weighted by Crippen LogP contribution is -2.01. The van der Waals surface area contributed by atoms with Crippen molar-refractivity contribution in [3.8, 4) is 11.3 Å². The summed E-state index contributed by atoms with van der Waals surface area (Å²) >= 11 is 0. The zero-order valence-electron chi connectivity index (χ0n) is 10.3. The highest BCUT2D eigenvalue weighted by atomic mass is 16.1. The number of carbonyl (C=O) groups excluding carboxylic acids is 1. The largest absolute Gasteiger partial charge is 0.388 e. The van der Waals surface area contributed by atoms with E-state index >= 15 is 0 Å². The number of Topliss-reactive ketones (excluding diaryl/α,β-unsaturated/α-hetero) is 1. The molecule has 0 unspecified atom stereocenters. The van der Waals surface area contributed by atoms with E-state index in [-0.39, 0.29) is 5.78 Å². The Bertz CT molecular complexity index is 555. The second-order valence-corrected chi connectivity index (χ2v) is 4.07. The van der Waals surface area contributed by atoms with Crippen molar-refractivity contribution in [2.75, 3.05) is 12.4 Å². The highest BCUT2D eigenvalue weighted by molar-refractivity contribution is 6.00. The van der Waals surface area contributed by atoms with Crippen molar-refractivity contribution in [2.45, 2.75) is 6.92 Å². The van der Waals surface area contributed by atoms with Crippen molar-refractivity contribution in [3.05, 3.63) is 42.1 Å². The average molecular weight is 228 g/mol. The van der Waals surface area contributed by atoms with Crippen LogP contribution in [0.5, 0.6) is 0 Å². The maximum absolute atomic E-state index is 11.6. The number of aryl methyl sites for hydroxylation is 1. The Hall–Kier alpha value is -2.03. The molecule has 0 fully saturated rings. The summed E-state index contributed by atoms with van der Waals surface area (Å²) in [5.41, 5.74) is 3.76. The fourth-order valence-electron chi connectivity index (χ4n) is 1.97. The van der Waals surface area contributed by atoms with Crippen molar-refractivity contribution in [2.24, 2.45) is 7.05 Å². The standard InChI is InChI=1S/C14H16N2O/c1-10(17)12-9-11(6-7-13(12)15-2)14-5-4-8-16(14)3/h4-9,15H,1-3H3. The van der Waals surface area contributed by atoms with Gasteiger partial charge in [0, 0.05) is 37.2 Å². The minimum Gasteiger partial charge on any atom is -0.388 e. The van der Waals surface area contributed by atoms with Gasteiger partial charge in [-0.15, -0.1) is 0 Å². The normalized spacial score (nSPS) is 10.3. The smallest absolute Gasteiger partial charge is 0.161 e. The van der Waals surface area contributed by atoms with Crippen molar-refractivity contribution in [1.29, 1.82) is 0 Å². The van der Waals surface area contributed by atoms with E-state index in [1.165, 1.54) is 0 Å². The molecule has 0 spiro atoms. The predicted octanol–water partition coefficient (Wildman–Crippen LogP) is 2.94. The van der Waals surface area contributed by atoms with Gasteiger partial charge in [-0.05, 0) is 36.8 Å². The molecule has 2 aromatic rings. The number of hydrogen-bond acceptors (Lipinski definition) is 2. The SMILES string of the molecule is CNc1ccc(-c2cccn2C)cc1C(C)=O. The molecule has 3 heteroatoms. The fourth-order valence-corrected chi connectivity index (χ4v) is 1.97. The highest BCUT2D eigenvalue weighted by Gasteiger charge is 2.09. The number of hydrogen-bond donors (Lipinski definition) is 1. The summed E-state index contributed by atoms with van der Waals surface area (Å²) in [7, 11) is 3.82. The Morgan fingerprint density at radius 3 is 2.59 bits per heavy atom. The molecule has 0 aliphatic heterocycles. The van der Waals surface area contributed by atoms with Gasteiger partial charge in [0.15, 0.2) is 5.78 Å². The lowest BCUT2D eigenvalue weighted by atomic mass is 10.0. The molecule has 1 N–H and O–H groups in total. The minimum atomic E-state index is 0.0745. The molecule has 1 aromatic carbocycles. The summed E-state index contributed by atoms with van der Waals surface area (Å²) in [4.78, 5) is 11.6. The Morgan fingerprint density at radius 2 is 2.06 bits per heavy atom. The first kappa shape index (κ1) is 11.5. The molecule has 88 valence electrons. The van der Waals surface area contributed by atoms with E-state index in [2.05, 4.69) is 5.32 Å². The van der Waals surface area contributed by atoms with Crippen LogP contribution < -0.4 is 5.32 Å². The first-order valence-corrected chi connectivity index (χ1v) is 5.58. The molecule has 0 aliphatic carbocycles. The summed E-state index contributed by atoms with van der Waals surface area (Å²) in [5, 5.41) is 3.04. The summed E-state index contributed by atoms with van der Waals surface area (Å²) in [6, 6.07) is 9.93. The number of rotatable bonds is 3. The quantitative estimate of drug-likeness (QED) is 0.819. The topological polar surface area (TPSA) is 34.0 Å². The molecule has 0 saturated heterocycles. The maximum atomic E-state index is 11.6. The molecule has 0 amide bonds. The van der Waals surface area contributed by atoms with E-state index in [0.29, 0.717) is 0 Å². The fraction of sp³-hybridized carbons (Fsp3) is 0.214. The van der Waals surface area contributed by atoms with Crippen molar-refractivity contribution in [1.82, 2.24) is 4.57 Å². The molecule has 3 nitrogen and oxygen atoms in total. The van der Waals surface area contributed by atoms with E-state index in [0.717, 1.165) is 22.5 Å². The van der Waals surface area contributed by atoms with Gasteiger partial charge in [-0.25, -0.2) is 0 Å². The summed E-state index contributed by atoms with van der Waals surface area (Å²) in [5.74, 6) is 0.0745. The molecule has 1 aromatic heterocycles. The van der Waals surface area contributed by atoms with Crippen molar-refractivity contribution < 1.29 is 4.79 Å². The van der Waals surface area contributed by atoms with Crippen LogP contribution in [-0.2, 0) is 7.05 Å². The Kier molecular flexibility index (Phi) is 3.00. The van der Waals surface area contributed by atoms with Gasteiger partial charge in [-0.3, -0.25) is 4.79 Å². The lowest BCUT2D eigenvalue weighted by molar-refractivity contribution is 0.101. The van der Waals surface area contributed by atoms with Crippen molar-refractivity contribution in [3.63, 3.8) is 0 Å². The number of benzene rings is 1. The molecule has 2 rings (SSSR count). The number of carbonyl (C=O) groups is 1. The van der Waals surface area contributed by atoms with E-state index in [1.807, 2.05) is 55.2 Å². The van der Waals surface area contributed by atoms with Gasteiger partial charge in [-0.1, -0.05) is 6.07 Å². The molecule has 0 bridgehead atoms. The third kappa shape index (κ3) is 2.09. The zero-order chi connectivity index (χ0) is 12.4. The van der Waals surface area contributed by atoms with Gasteiger partial charge in [-0.2, -0.15) is 0 Å². The second kappa shape index (κ2) is 4.45. The van der Waals surface area contributed by atoms with Crippen LogP contribution in [0, 0.1) is 0 Å². The number of nitrogens with zero attached hydrogens (tertiary/aromatic N) is 1. The number of ketones is 1. The Labute approximate surface area is 101 Å². The van der Waals surface area contributed by atoms with Gasteiger partial charge in [0.05, 0.1) is 0 Å². The highest BCUT2D eigenvalue weighted by Crippen LogP contribution is 2.25. The molecule has 0 aliphatic rings. The van der Waals surface area contributed by atoms with Crippen molar-refractivity contribution >= 4 is 11.5 Å². The average Bonchev–Trinajstić information content (AvgIpc) is 2.74. The molecular formula is C14H16N2O. The van der Waals surface area contributed by atoms with E-state index in [4.69, 9.17) is 0 Å². The summed E-state index contributed by atoms with van der Waals surface area (Å²) < 4.78 is 2.04. The Balaban J connectivity index is 2.55. The Morgan fingerprint density at radius 1 is 1.29 bits per heavy atom. The van der Waals surface area contributed by atoms with Gasteiger partial charge in [0.1, 0.15) is 0 Å². The maximum Gasteiger partial charge on any atom is 0.161 e. The molecule has 0 atom stereocenters. The summed E-state index contributed by atoms with van der Waals surface area (Å²) in [6.45, 7) is 1.59. The van der Waals surface area contributed by atoms with Gasteiger partial charge >= 0.3 is 0 Å². The van der Waals surface area contributed by atoms with Crippen LogP contribution in [0.2, 0.25) is 0 Å². The first-order chi connectivity index (χ1) is 8.13. The number of anilines is 1. The van der Waals surface area contributed by atoms with Gasteiger partial charge < -0.3 is 9.88 Å². The van der Waals surface area contributed by atoms with E-state index in [9.17, 15) is 4.79 Å². The molecule has 1 heterocycles.